The first-order valence-electron chi connectivity index (χ1n) is 9.79. The van der Waals surface area contributed by atoms with Gasteiger partial charge in [-0.05, 0) is 19.9 Å². The molecule has 0 saturated heterocycles. The minimum atomic E-state index is -1.18. The average molecular weight is 438 g/mol. The van der Waals surface area contributed by atoms with E-state index in [1.54, 1.807) is 13.8 Å². The summed E-state index contributed by atoms with van der Waals surface area (Å²) in [6.45, 7) is 7.07. The Morgan fingerprint density at radius 3 is 2.23 bits per heavy atom. The number of esters is 3. The number of carbonyl (C=O) groups excluding carboxylic acids is 3. The van der Waals surface area contributed by atoms with E-state index < -0.39 is 47.5 Å². The first-order valence-corrected chi connectivity index (χ1v) is 9.79. The molecule has 1 aliphatic rings. The summed E-state index contributed by atoms with van der Waals surface area (Å²) in [6.07, 6.45) is -0.583. The Morgan fingerprint density at radius 2 is 1.71 bits per heavy atom. The fourth-order valence-electron chi connectivity index (χ4n) is 3.16. The number of rotatable bonds is 7. The van der Waals surface area contributed by atoms with Crippen LogP contribution in [0, 0.1) is 0 Å². The second kappa shape index (κ2) is 10.2. The molecule has 0 N–H and O–H groups in total. The lowest BCUT2D eigenvalue weighted by atomic mass is 10.0. The van der Waals surface area contributed by atoms with Crippen molar-refractivity contribution in [3.63, 3.8) is 0 Å². The minimum absolute atomic E-state index is 0.0622. The molecule has 170 valence electrons. The summed E-state index contributed by atoms with van der Waals surface area (Å²) in [7, 11) is 0. The number of aromatic nitrogens is 2. The van der Waals surface area contributed by atoms with Gasteiger partial charge in [-0.15, -0.1) is 0 Å². The number of hydrogen-bond acceptors (Lipinski definition) is 9. The Hall–Kier alpha value is -3.21. The zero-order chi connectivity index (χ0) is 23.3. The van der Waals surface area contributed by atoms with Gasteiger partial charge in [0.25, 0.3) is 5.56 Å². The van der Waals surface area contributed by atoms with Gasteiger partial charge in [-0.1, -0.05) is 0 Å². The van der Waals surface area contributed by atoms with Crippen LogP contribution in [0.2, 0.25) is 0 Å². The van der Waals surface area contributed by atoms with Crippen molar-refractivity contribution in [3.05, 3.63) is 44.4 Å². The molecule has 0 unspecified atom stereocenters. The summed E-state index contributed by atoms with van der Waals surface area (Å²) in [5, 5.41) is 0. The molecule has 0 bridgehead atoms. The fourth-order valence-corrected chi connectivity index (χ4v) is 3.16. The third-order valence-corrected chi connectivity index (χ3v) is 4.49. The van der Waals surface area contributed by atoms with Gasteiger partial charge in [-0.25, -0.2) is 4.79 Å². The molecule has 0 aromatic carbocycles. The number of carbonyl (C=O) groups is 3. The van der Waals surface area contributed by atoms with Gasteiger partial charge in [0.05, 0.1) is 5.56 Å². The topological polar surface area (TPSA) is 132 Å². The van der Waals surface area contributed by atoms with Crippen molar-refractivity contribution in [2.45, 2.75) is 66.0 Å². The SMILES string of the molecule is CCn1cc([C@@H]2C=C(OC(C)=O)[C@@H](OC(C)=O)[C@@H](COC(C)=O)O2)c(=O)n(CC)c1=O. The first-order chi connectivity index (χ1) is 14.6. The van der Waals surface area contributed by atoms with Crippen molar-refractivity contribution in [2.75, 3.05) is 6.61 Å². The van der Waals surface area contributed by atoms with E-state index in [2.05, 4.69) is 0 Å². The molecular formula is C20H26N2O9. The molecule has 2 heterocycles. The van der Waals surface area contributed by atoms with Crippen LogP contribution in [0.5, 0.6) is 0 Å². The highest BCUT2D eigenvalue weighted by molar-refractivity contribution is 5.69. The number of hydrogen-bond donors (Lipinski definition) is 0. The standard InChI is InChI=1S/C20H26N2O9/c1-6-21-9-14(19(26)22(7-2)20(21)27)15-8-16(29-12(4)24)18(30-13(5)25)17(31-15)10-28-11(3)23/h8-9,15,17-18H,6-7,10H2,1-5H3/t15-,17+,18+/m0/s1. The Bertz CT molecular complexity index is 1000. The Labute approximate surface area is 178 Å². The number of aryl methyl sites for hydroxylation is 1. The summed E-state index contributed by atoms with van der Waals surface area (Å²) in [5.41, 5.74) is -0.923. The Kier molecular flexibility index (Phi) is 7.92. The van der Waals surface area contributed by atoms with Gasteiger partial charge in [0, 0.05) is 40.1 Å². The second-order valence-corrected chi connectivity index (χ2v) is 6.79. The van der Waals surface area contributed by atoms with Gasteiger partial charge >= 0.3 is 23.6 Å². The van der Waals surface area contributed by atoms with Gasteiger partial charge in [0.2, 0.25) is 0 Å². The number of ether oxygens (including phenoxy) is 4. The molecule has 0 spiro atoms. The highest BCUT2D eigenvalue weighted by Crippen LogP contribution is 2.31. The van der Waals surface area contributed by atoms with Crippen molar-refractivity contribution >= 4 is 17.9 Å². The van der Waals surface area contributed by atoms with E-state index in [0.29, 0.717) is 6.54 Å². The van der Waals surface area contributed by atoms with E-state index >= 15 is 0 Å². The van der Waals surface area contributed by atoms with Crippen molar-refractivity contribution in [1.29, 1.82) is 0 Å². The lowest BCUT2D eigenvalue weighted by molar-refractivity contribution is -0.173. The molecule has 1 aliphatic heterocycles. The van der Waals surface area contributed by atoms with Gasteiger partial charge in [0.1, 0.15) is 24.6 Å². The summed E-state index contributed by atoms with van der Waals surface area (Å²) in [4.78, 5) is 59.8. The zero-order valence-corrected chi connectivity index (χ0v) is 18.1. The summed E-state index contributed by atoms with van der Waals surface area (Å²) >= 11 is 0. The second-order valence-electron chi connectivity index (χ2n) is 6.79. The first kappa shape index (κ1) is 24.1. The fraction of sp³-hybridized carbons (Fsp3) is 0.550. The lowest BCUT2D eigenvalue weighted by Gasteiger charge is -2.34. The van der Waals surface area contributed by atoms with E-state index in [4.69, 9.17) is 18.9 Å². The van der Waals surface area contributed by atoms with Crippen LogP contribution in [0.3, 0.4) is 0 Å². The summed E-state index contributed by atoms with van der Waals surface area (Å²) in [6, 6.07) is 0. The maximum atomic E-state index is 12.9. The third kappa shape index (κ3) is 5.69. The molecule has 1 aromatic rings. The summed E-state index contributed by atoms with van der Waals surface area (Å²) < 4.78 is 23.8. The van der Waals surface area contributed by atoms with E-state index in [1.807, 2.05) is 0 Å². The van der Waals surface area contributed by atoms with Crippen molar-refractivity contribution in [1.82, 2.24) is 9.13 Å². The monoisotopic (exact) mass is 438 g/mol. The molecular weight excluding hydrogens is 412 g/mol. The van der Waals surface area contributed by atoms with Crippen molar-refractivity contribution in [3.8, 4) is 0 Å². The molecule has 31 heavy (non-hydrogen) atoms. The molecule has 0 aliphatic carbocycles. The average Bonchev–Trinajstić information content (AvgIpc) is 2.68. The zero-order valence-electron chi connectivity index (χ0n) is 18.1. The predicted octanol–water partition coefficient (Wildman–Crippen LogP) is 0.432. The normalized spacial score (nSPS) is 20.5. The Balaban J connectivity index is 2.62. The highest BCUT2D eigenvalue weighted by atomic mass is 16.6. The smallest absolute Gasteiger partial charge is 0.330 e. The van der Waals surface area contributed by atoms with E-state index in [0.717, 1.165) is 11.5 Å². The van der Waals surface area contributed by atoms with Crippen LogP contribution in [0.4, 0.5) is 0 Å². The lowest BCUT2D eigenvalue weighted by Crippen LogP contribution is -2.46. The molecule has 11 nitrogen and oxygen atoms in total. The van der Waals surface area contributed by atoms with Crippen LogP contribution in [-0.4, -0.2) is 45.9 Å². The van der Waals surface area contributed by atoms with Crippen LogP contribution in [0.15, 0.2) is 27.6 Å². The molecule has 0 amide bonds. The van der Waals surface area contributed by atoms with Crippen LogP contribution in [0.25, 0.3) is 0 Å². The molecule has 11 heteroatoms. The molecule has 0 radical (unpaired) electrons. The van der Waals surface area contributed by atoms with Crippen molar-refractivity contribution < 1.29 is 33.3 Å². The quantitative estimate of drug-likeness (QED) is 0.439. The van der Waals surface area contributed by atoms with Crippen LogP contribution < -0.4 is 11.2 Å². The van der Waals surface area contributed by atoms with Crippen LogP contribution in [-0.2, 0) is 46.4 Å². The molecule has 2 rings (SSSR count). The van der Waals surface area contributed by atoms with Crippen molar-refractivity contribution in [2.24, 2.45) is 0 Å². The van der Waals surface area contributed by atoms with E-state index in [9.17, 15) is 24.0 Å². The molecule has 0 saturated carbocycles. The summed E-state index contributed by atoms with van der Waals surface area (Å²) in [5.74, 6) is -2.02. The van der Waals surface area contributed by atoms with Crippen LogP contribution in [0.1, 0.15) is 46.3 Å². The maximum absolute atomic E-state index is 12.9. The van der Waals surface area contributed by atoms with E-state index in [-0.39, 0.29) is 24.5 Å². The van der Waals surface area contributed by atoms with Crippen LogP contribution >= 0.6 is 0 Å². The largest absolute Gasteiger partial charge is 0.463 e. The highest BCUT2D eigenvalue weighted by Gasteiger charge is 2.39. The molecule has 3 atom stereocenters. The van der Waals surface area contributed by atoms with Gasteiger partial charge in [-0.3, -0.25) is 23.7 Å². The maximum Gasteiger partial charge on any atom is 0.330 e. The third-order valence-electron chi connectivity index (χ3n) is 4.49. The Morgan fingerprint density at radius 1 is 1.03 bits per heavy atom. The van der Waals surface area contributed by atoms with E-state index in [1.165, 1.54) is 30.7 Å². The molecule has 1 aromatic heterocycles. The van der Waals surface area contributed by atoms with Gasteiger partial charge in [-0.2, -0.15) is 0 Å². The molecule has 0 fully saturated rings. The predicted molar refractivity (Wildman–Crippen MR) is 106 cm³/mol. The minimum Gasteiger partial charge on any atom is -0.463 e. The number of nitrogens with zero attached hydrogens (tertiary/aromatic N) is 2. The van der Waals surface area contributed by atoms with Gasteiger partial charge < -0.3 is 23.5 Å². The van der Waals surface area contributed by atoms with Gasteiger partial charge in [0.15, 0.2) is 6.10 Å².